The van der Waals surface area contributed by atoms with Gasteiger partial charge in [0.2, 0.25) is 5.88 Å². The van der Waals surface area contributed by atoms with Crippen molar-refractivity contribution in [2.45, 2.75) is 26.7 Å². The first-order chi connectivity index (χ1) is 11.9. The molecule has 0 amide bonds. The molecule has 1 heterocycles. The minimum atomic E-state index is -0.725. The summed E-state index contributed by atoms with van der Waals surface area (Å²) >= 11 is 3.42. The van der Waals surface area contributed by atoms with Gasteiger partial charge in [0, 0.05) is 10.0 Å². The van der Waals surface area contributed by atoms with Crippen LogP contribution in [-0.2, 0) is 14.3 Å². The molecule has 1 unspecified atom stereocenters. The number of esters is 1. The third-order valence-corrected chi connectivity index (χ3v) is 4.18. The van der Waals surface area contributed by atoms with Crippen molar-refractivity contribution in [3.8, 4) is 11.8 Å². The lowest BCUT2D eigenvalue weighted by Gasteiger charge is -2.28. The molecule has 1 aromatic carbocycles. The van der Waals surface area contributed by atoms with Gasteiger partial charge in [0.25, 0.3) is 0 Å². The van der Waals surface area contributed by atoms with Gasteiger partial charge < -0.3 is 19.9 Å². The van der Waals surface area contributed by atoms with Gasteiger partial charge in [0.1, 0.15) is 23.2 Å². The molecule has 1 aromatic rings. The molecule has 7 heteroatoms. The summed E-state index contributed by atoms with van der Waals surface area (Å²) in [6, 6.07) is 7.47. The van der Waals surface area contributed by atoms with Crippen LogP contribution in [0.3, 0.4) is 0 Å². The van der Waals surface area contributed by atoms with Crippen LogP contribution in [0.2, 0.25) is 0 Å². The van der Waals surface area contributed by atoms with E-state index < -0.39 is 11.9 Å². The molecule has 2 rings (SSSR count). The lowest BCUT2D eigenvalue weighted by molar-refractivity contribution is -0.139. The Hall–Kier alpha value is -2.46. The van der Waals surface area contributed by atoms with E-state index in [1.807, 2.05) is 13.0 Å². The fourth-order valence-corrected chi connectivity index (χ4v) is 3.08. The zero-order valence-corrected chi connectivity index (χ0v) is 15.8. The molecule has 1 aliphatic rings. The molecule has 0 bridgehead atoms. The first kappa shape index (κ1) is 18.9. The van der Waals surface area contributed by atoms with Crippen LogP contribution in [0.4, 0.5) is 0 Å². The van der Waals surface area contributed by atoms with Crippen LogP contribution in [0.25, 0.3) is 0 Å². The fraction of sp³-hybridized carbons (Fsp3) is 0.333. The molecule has 1 atom stereocenters. The number of hydrogen-bond acceptors (Lipinski definition) is 6. The molecular weight excluding hydrogens is 388 g/mol. The predicted octanol–water partition coefficient (Wildman–Crippen LogP) is 3.49. The number of nitriles is 1. The number of carbonyl (C=O) groups is 1. The minimum Gasteiger partial charge on any atom is -0.494 e. The molecule has 0 radical (unpaired) electrons. The number of nitrogens with two attached hydrogens (primary N) is 1. The molecule has 25 heavy (non-hydrogen) atoms. The van der Waals surface area contributed by atoms with E-state index in [2.05, 4.69) is 22.0 Å². The van der Waals surface area contributed by atoms with Gasteiger partial charge in [0.15, 0.2) is 0 Å². The number of benzene rings is 1. The standard InChI is InChI=1S/C18H19BrN2O4/c1-4-23-14-7-6-11(19)8-12(14)16-13(9-20)17(21)25-10(3)15(16)18(22)24-5-2/h6-8,16H,4-5,21H2,1-3H3. The molecule has 6 nitrogen and oxygen atoms in total. The summed E-state index contributed by atoms with van der Waals surface area (Å²) in [5.41, 5.74) is 6.93. The Bertz CT molecular complexity index is 793. The highest BCUT2D eigenvalue weighted by Crippen LogP contribution is 2.43. The van der Waals surface area contributed by atoms with Crippen molar-refractivity contribution in [2.75, 3.05) is 13.2 Å². The zero-order chi connectivity index (χ0) is 18.6. The summed E-state index contributed by atoms with van der Waals surface area (Å²) in [6.07, 6.45) is 0. The maximum Gasteiger partial charge on any atom is 0.338 e. The lowest BCUT2D eigenvalue weighted by atomic mass is 9.82. The van der Waals surface area contributed by atoms with Crippen molar-refractivity contribution in [3.63, 3.8) is 0 Å². The third kappa shape index (κ3) is 3.80. The van der Waals surface area contributed by atoms with E-state index >= 15 is 0 Å². The number of nitrogens with zero attached hydrogens (tertiary/aromatic N) is 1. The van der Waals surface area contributed by atoms with Gasteiger partial charge >= 0.3 is 5.97 Å². The average Bonchev–Trinajstić information content (AvgIpc) is 2.56. The summed E-state index contributed by atoms with van der Waals surface area (Å²) in [7, 11) is 0. The Kier molecular flexibility index (Phi) is 6.10. The van der Waals surface area contributed by atoms with Crippen molar-refractivity contribution in [1.82, 2.24) is 0 Å². The fourth-order valence-electron chi connectivity index (χ4n) is 2.70. The summed E-state index contributed by atoms with van der Waals surface area (Å²) in [4.78, 5) is 12.5. The molecule has 132 valence electrons. The molecule has 1 aliphatic heterocycles. The SMILES string of the molecule is CCOC(=O)C1=C(C)OC(N)=C(C#N)C1c1cc(Br)ccc1OCC. The normalized spacial score (nSPS) is 17.0. The molecule has 0 aliphatic carbocycles. The number of ether oxygens (including phenoxy) is 3. The first-order valence-corrected chi connectivity index (χ1v) is 8.61. The Balaban J connectivity index is 2.71. The molecule has 0 aromatic heterocycles. The number of rotatable bonds is 5. The van der Waals surface area contributed by atoms with E-state index in [9.17, 15) is 10.1 Å². The predicted molar refractivity (Wildman–Crippen MR) is 95.3 cm³/mol. The molecule has 0 saturated carbocycles. The van der Waals surface area contributed by atoms with Crippen molar-refractivity contribution in [3.05, 3.63) is 51.0 Å². The number of halogens is 1. The highest BCUT2D eigenvalue weighted by molar-refractivity contribution is 9.10. The van der Waals surface area contributed by atoms with Crippen molar-refractivity contribution < 1.29 is 19.0 Å². The van der Waals surface area contributed by atoms with Gasteiger partial charge in [-0.2, -0.15) is 5.26 Å². The molecule has 0 spiro atoms. The number of allylic oxidation sites excluding steroid dienone is 2. The Morgan fingerprint density at radius 2 is 2.12 bits per heavy atom. The Morgan fingerprint density at radius 3 is 2.72 bits per heavy atom. The Morgan fingerprint density at radius 1 is 1.40 bits per heavy atom. The second kappa shape index (κ2) is 8.08. The highest BCUT2D eigenvalue weighted by Gasteiger charge is 2.37. The van der Waals surface area contributed by atoms with Crippen LogP contribution in [-0.4, -0.2) is 19.2 Å². The largest absolute Gasteiger partial charge is 0.494 e. The van der Waals surface area contributed by atoms with Crippen LogP contribution in [0, 0.1) is 11.3 Å². The maximum atomic E-state index is 12.5. The summed E-state index contributed by atoms with van der Waals surface area (Å²) in [5, 5.41) is 9.60. The van der Waals surface area contributed by atoms with Crippen LogP contribution in [0.15, 0.2) is 45.5 Å². The monoisotopic (exact) mass is 406 g/mol. The smallest absolute Gasteiger partial charge is 0.338 e. The van der Waals surface area contributed by atoms with Gasteiger partial charge in [-0.25, -0.2) is 4.79 Å². The van der Waals surface area contributed by atoms with Gasteiger partial charge in [-0.05, 0) is 39.0 Å². The van der Waals surface area contributed by atoms with Crippen molar-refractivity contribution >= 4 is 21.9 Å². The zero-order valence-electron chi connectivity index (χ0n) is 14.3. The van der Waals surface area contributed by atoms with Gasteiger partial charge in [-0.1, -0.05) is 15.9 Å². The summed E-state index contributed by atoms with van der Waals surface area (Å²) in [6.45, 7) is 5.85. The summed E-state index contributed by atoms with van der Waals surface area (Å²) in [5.74, 6) is -0.430. The van der Waals surface area contributed by atoms with E-state index in [1.165, 1.54) is 0 Å². The molecule has 0 saturated heterocycles. The topological polar surface area (TPSA) is 94.6 Å². The number of hydrogen-bond donors (Lipinski definition) is 1. The van der Waals surface area contributed by atoms with Crippen LogP contribution >= 0.6 is 15.9 Å². The quantitative estimate of drug-likeness (QED) is 0.751. The third-order valence-electron chi connectivity index (χ3n) is 3.68. The maximum absolute atomic E-state index is 12.5. The van der Waals surface area contributed by atoms with E-state index in [4.69, 9.17) is 19.9 Å². The van der Waals surface area contributed by atoms with E-state index in [-0.39, 0.29) is 23.6 Å². The van der Waals surface area contributed by atoms with Crippen molar-refractivity contribution in [1.29, 1.82) is 5.26 Å². The second-order valence-electron chi connectivity index (χ2n) is 5.23. The lowest BCUT2D eigenvalue weighted by Crippen LogP contribution is -2.26. The van der Waals surface area contributed by atoms with Gasteiger partial charge in [-0.15, -0.1) is 0 Å². The summed E-state index contributed by atoms with van der Waals surface area (Å²) < 4.78 is 17.0. The first-order valence-electron chi connectivity index (χ1n) is 7.82. The average molecular weight is 407 g/mol. The van der Waals surface area contributed by atoms with Crippen LogP contribution in [0.5, 0.6) is 5.75 Å². The van der Waals surface area contributed by atoms with Crippen LogP contribution < -0.4 is 10.5 Å². The van der Waals surface area contributed by atoms with Crippen LogP contribution in [0.1, 0.15) is 32.3 Å². The van der Waals surface area contributed by atoms with E-state index in [1.54, 1.807) is 26.0 Å². The van der Waals surface area contributed by atoms with Gasteiger partial charge in [0.05, 0.1) is 24.7 Å². The minimum absolute atomic E-state index is 0.0273. The molecular formula is C18H19BrN2O4. The molecule has 0 fully saturated rings. The van der Waals surface area contributed by atoms with E-state index in [0.717, 1.165) is 4.47 Å². The Labute approximate surface area is 155 Å². The molecule has 2 N–H and O–H groups in total. The second-order valence-corrected chi connectivity index (χ2v) is 6.15. The van der Waals surface area contributed by atoms with E-state index in [0.29, 0.717) is 23.7 Å². The highest BCUT2D eigenvalue weighted by atomic mass is 79.9. The number of carbonyl (C=O) groups excluding carboxylic acids is 1. The van der Waals surface area contributed by atoms with Crippen molar-refractivity contribution in [2.24, 2.45) is 5.73 Å². The van der Waals surface area contributed by atoms with Gasteiger partial charge in [-0.3, -0.25) is 0 Å².